The number of rotatable bonds is 6. The average molecular weight is 478 g/mol. The number of aromatic nitrogens is 3. The molecule has 10 heteroatoms. The number of benzene rings is 1. The number of fused-ring (bicyclic) bond motifs is 2. The van der Waals surface area contributed by atoms with E-state index in [0.717, 1.165) is 50.0 Å². The lowest BCUT2D eigenvalue weighted by molar-refractivity contribution is 0.0593. The van der Waals surface area contributed by atoms with E-state index in [4.69, 9.17) is 13.9 Å². The Hall–Kier alpha value is -3.92. The van der Waals surface area contributed by atoms with Gasteiger partial charge < -0.3 is 18.8 Å². The van der Waals surface area contributed by atoms with E-state index in [1.54, 1.807) is 38.6 Å². The van der Waals surface area contributed by atoms with E-state index in [0.29, 0.717) is 28.2 Å². The molecule has 10 nitrogen and oxygen atoms in total. The molecule has 1 aliphatic rings. The first kappa shape index (κ1) is 22.9. The lowest BCUT2D eigenvalue weighted by atomic mass is 10.1. The number of hydrogen-bond acceptors (Lipinski definition) is 8. The van der Waals surface area contributed by atoms with Gasteiger partial charge in [-0.2, -0.15) is 0 Å². The summed E-state index contributed by atoms with van der Waals surface area (Å²) >= 11 is 0. The van der Waals surface area contributed by atoms with Crippen LogP contribution >= 0.6 is 0 Å². The predicted molar refractivity (Wildman–Crippen MR) is 131 cm³/mol. The molecule has 4 heterocycles. The summed E-state index contributed by atoms with van der Waals surface area (Å²) < 4.78 is 17.6. The summed E-state index contributed by atoms with van der Waals surface area (Å²) in [5.41, 5.74) is 4.27. The van der Waals surface area contributed by atoms with E-state index < -0.39 is 6.09 Å². The maximum atomic E-state index is 12.5. The van der Waals surface area contributed by atoms with E-state index >= 15 is 0 Å². The van der Waals surface area contributed by atoms with Crippen LogP contribution < -0.4 is 15.8 Å². The molecule has 0 aliphatic carbocycles. The van der Waals surface area contributed by atoms with E-state index in [9.17, 15) is 9.59 Å². The molecular weight excluding hydrogens is 450 g/mol. The number of anilines is 1. The molecule has 1 aliphatic heterocycles. The topological polar surface area (TPSA) is 112 Å². The summed E-state index contributed by atoms with van der Waals surface area (Å²) in [4.78, 5) is 35.2. The predicted octanol–water partition coefficient (Wildman–Crippen LogP) is 3.34. The number of oxazole rings is 1. The van der Waals surface area contributed by atoms with Crippen molar-refractivity contribution in [2.45, 2.75) is 25.4 Å². The Bertz CT molecular complexity index is 1420. The van der Waals surface area contributed by atoms with Gasteiger partial charge in [0.15, 0.2) is 5.58 Å². The Labute approximate surface area is 201 Å². The van der Waals surface area contributed by atoms with Crippen LogP contribution in [-0.2, 0) is 18.2 Å². The Balaban J connectivity index is 1.12. The van der Waals surface area contributed by atoms with Crippen LogP contribution in [0, 0.1) is 0 Å². The zero-order valence-corrected chi connectivity index (χ0v) is 19.7. The first-order chi connectivity index (χ1) is 17.0. The summed E-state index contributed by atoms with van der Waals surface area (Å²) in [5.74, 6) is 0.0962. The van der Waals surface area contributed by atoms with Crippen molar-refractivity contribution in [1.82, 2.24) is 19.4 Å². The number of carbonyl (C=O) groups is 1. The van der Waals surface area contributed by atoms with Crippen LogP contribution in [0.3, 0.4) is 0 Å². The van der Waals surface area contributed by atoms with Gasteiger partial charge in [0, 0.05) is 38.9 Å². The number of likely N-dealkylation sites (tertiary alicyclic amines) is 1. The monoisotopic (exact) mass is 477 g/mol. The van der Waals surface area contributed by atoms with Crippen LogP contribution in [0.25, 0.3) is 22.1 Å². The Morgan fingerprint density at radius 1 is 1.20 bits per heavy atom. The van der Waals surface area contributed by atoms with Gasteiger partial charge in [0.1, 0.15) is 11.6 Å². The van der Waals surface area contributed by atoms with Gasteiger partial charge in [0.2, 0.25) is 5.88 Å². The third kappa shape index (κ3) is 4.97. The van der Waals surface area contributed by atoms with E-state index in [1.165, 1.54) is 4.57 Å². The lowest BCUT2D eigenvalue weighted by Crippen LogP contribution is -2.39. The highest BCUT2D eigenvalue weighted by Gasteiger charge is 2.23. The lowest BCUT2D eigenvalue weighted by Gasteiger charge is -2.31. The number of pyridine rings is 2. The van der Waals surface area contributed by atoms with Crippen LogP contribution in [0.5, 0.6) is 5.88 Å². The van der Waals surface area contributed by atoms with Gasteiger partial charge in [0.05, 0.1) is 23.8 Å². The van der Waals surface area contributed by atoms with Crippen LogP contribution in [0.15, 0.2) is 51.8 Å². The van der Waals surface area contributed by atoms with Gasteiger partial charge in [-0.15, -0.1) is 0 Å². The highest BCUT2D eigenvalue weighted by atomic mass is 16.6. The number of ether oxygens (including phenoxy) is 2. The van der Waals surface area contributed by atoms with Crippen LogP contribution in [0.2, 0.25) is 0 Å². The third-order valence-electron chi connectivity index (χ3n) is 6.39. The minimum absolute atomic E-state index is 0.142. The first-order valence-electron chi connectivity index (χ1n) is 11.6. The Morgan fingerprint density at radius 3 is 2.83 bits per heavy atom. The van der Waals surface area contributed by atoms with Gasteiger partial charge in [-0.05, 0) is 49.1 Å². The number of piperidine rings is 1. The fraction of sp³-hybridized carbons (Fsp3) is 0.360. The highest BCUT2D eigenvalue weighted by Crippen LogP contribution is 2.23. The van der Waals surface area contributed by atoms with E-state index in [1.807, 2.05) is 18.2 Å². The molecule has 4 aromatic rings. The summed E-state index contributed by atoms with van der Waals surface area (Å²) in [7, 11) is 3.24. The fourth-order valence-electron chi connectivity index (χ4n) is 4.38. The zero-order valence-electron chi connectivity index (χ0n) is 19.7. The Kier molecular flexibility index (Phi) is 6.37. The van der Waals surface area contributed by atoms with Crippen LogP contribution in [0.4, 0.5) is 10.5 Å². The van der Waals surface area contributed by atoms with Crippen molar-refractivity contribution in [2.24, 2.45) is 7.05 Å². The number of amides is 1. The minimum atomic E-state index is -0.502. The molecule has 1 saturated heterocycles. The molecule has 1 amide bonds. The van der Waals surface area contributed by atoms with Gasteiger partial charge >= 0.3 is 11.8 Å². The van der Waals surface area contributed by atoms with Crippen LogP contribution in [-0.4, -0.2) is 58.4 Å². The second kappa shape index (κ2) is 9.75. The van der Waals surface area contributed by atoms with Gasteiger partial charge in [-0.25, -0.2) is 14.6 Å². The van der Waals surface area contributed by atoms with Crippen molar-refractivity contribution >= 4 is 33.9 Å². The second-order valence-corrected chi connectivity index (χ2v) is 8.63. The largest absolute Gasteiger partial charge is 0.481 e. The molecule has 0 spiro atoms. The number of methoxy groups -OCH3 is 1. The average Bonchev–Trinajstić information content (AvgIpc) is 3.16. The highest BCUT2D eigenvalue weighted by molar-refractivity contribution is 5.96. The summed E-state index contributed by atoms with van der Waals surface area (Å²) in [6.07, 6.45) is 3.36. The molecule has 1 aromatic carbocycles. The molecule has 0 unspecified atom stereocenters. The number of aryl methyl sites for hydroxylation is 1. The summed E-state index contributed by atoms with van der Waals surface area (Å²) in [5, 5.41) is 2.80. The number of carbonyl (C=O) groups excluding carboxylic acids is 1. The first-order valence-corrected chi connectivity index (χ1v) is 11.6. The molecule has 0 saturated carbocycles. The van der Waals surface area contributed by atoms with E-state index in [2.05, 4.69) is 20.2 Å². The zero-order chi connectivity index (χ0) is 24.4. The quantitative estimate of drug-likeness (QED) is 0.450. The van der Waals surface area contributed by atoms with Crippen molar-refractivity contribution < 1.29 is 18.7 Å². The second-order valence-electron chi connectivity index (χ2n) is 8.63. The molecule has 3 aromatic heterocycles. The maximum Gasteiger partial charge on any atom is 0.419 e. The number of nitrogens with zero attached hydrogens (tertiary/aromatic N) is 4. The normalized spacial score (nSPS) is 14.9. The molecule has 0 bridgehead atoms. The minimum Gasteiger partial charge on any atom is -0.481 e. The molecule has 35 heavy (non-hydrogen) atoms. The van der Waals surface area contributed by atoms with Crippen molar-refractivity contribution in [3.63, 3.8) is 0 Å². The summed E-state index contributed by atoms with van der Waals surface area (Å²) in [6.45, 7) is 2.58. The molecule has 182 valence electrons. The standard InChI is InChI=1S/C25H27N5O5/c1-29-20-5-3-16(15-21(20)35-25(29)32)8-12-30-13-9-17(10-14-30)34-24(31)27-19-7-11-26-18-4-6-22(33-2)28-23(18)19/h3-7,11,15,17H,8-10,12-14H2,1-2H3,(H,26,27,31). The van der Waals surface area contributed by atoms with Gasteiger partial charge in [-0.1, -0.05) is 6.07 Å². The Morgan fingerprint density at radius 2 is 2.03 bits per heavy atom. The number of nitrogens with one attached hydrogen (secondary N) is 1. The molecular formula is C25H27N5O5. The van der Waals surface area contributed by atoms with Crippen molar-refractivity contribution in [2.75, 3.05) is 32.1 Å². The molecule has 1 fully saturated rings. The van der Waals surface area contributed by atoms with Gasteiger partial charge in [0.25, 0.3) is 0 Å². The van der Waals surface area contributed by atoms with Crippen molar-refractivity contribution in [3.8, 4) is 5.88 Å². The van der Waals surface area contributed by atoms with Crippen molar-refractivity contribution in [3.05, 3.63) is 58.7 Å². The SMILES string of the molecule is COc1ccc2nccc(NC(=O)OC3CCN(CCc4ccc5c(c4)oc(=O)n5C)CC3)c2n1. The molecule has 1 N–H and O–H groups in total. The smallest absolute Gasteiger partial charge is 0.419 e. The fourth-order valence-corrected chi connectivity index (χ4v) is 4.38. The molecule has 0 radical (unpaired) electrons. The summed E-state index contributed by atoms with van der Waals surface area (Å²) in [6, 6.07) is 11.1. The van der Waals surface area contributed by atoms with Gasteiger partial charge in [-0.3, -0.25) is 14.9 Å². The third-order valence-corrected chi connectivity index (χ3v) is 6.39. The van der Waals surface area contributed by atoms with E-state index in [-0.39, 0.29) is 11.9 Å². The molecule has 5 rings (SSSR count). The molecule has 0 atom stereocenters. The maximum absolute atomic E-state index is 12.5. The number of hydrogen-bond donors (Lipinski definition) is 1. The van der Waals surface area contributed by atoms with Crippen molar-refractivity contribution in [1.29, 1.82) is 0 Å². The van der Waals surface area contributed by atoms with Crippen LogP contribution in [0.1, 0.15) is 18.4 Å².